The highest BCUT2D eigenvalue weighted by atomic mass is 32.2. The molecule has 0 saturated carbocycles. The Morgan fingerprint density at radius 1 is 1.00 bits per heavy atom. The van der Waals surface area contributed by atoms with Crippen molar-refractivity contribution in [1.29, 1.82) is 0 Å². The molecule has 3 rings (SSSR count). The van der Waals surface area contributed by atoms with E-state index in [2.05, 4.69) is 5.32 Å². The van der Waals surface area contributed by atoms with Crippen LogP contribution >= 0.6 is 0 Å². The normalized spacial score (nSPS) is 15.4. The van der Waals surface area contributed by atoms with Crippen molar-refractivity contribution in [3.8, 4) is 0 Å². The molecule has 27 heavy (non-hydrogen) atoms. The zero-order valence-corrected chi connectivity index (χ0v) is 16.5. The van der Waals surface area contributed by atoms with Crippen molar-refractivity contribution in [3.63, 3.8) is 0 Å². The van der Waals surface area contributed by atoms with Gasteiger partial charge in [-0.3, -0.25) is 4.79 Å². The number of carbonyl (C=O) groups is 1. The number of aryl methyl sites for hydroxylation is 1. The lowest BCUT2D eigenvalue weighted by molar-refractivity contribution is -0.120. The van der Waals surface area contributed by atoms with Gasteiger partial charge in [-0.25, -0.2) is 8.42 Å². The number of nitrogens with one attached hydrogen (secondary N) is 1. The van der Waals surface area contributed by atoms with Gasteiger partial charge in [-0.2, -0.15) is 4.31 Å². The molecule has 2 aromatic rings. The predicted molar refractivity (Wildman–Crippen MR) is 106 cm³/mol. The molecule has 1 aliphatic heterocycles. The summed E-state index contributed by atoms with van der Waals surface area (Å²) < 4.78 is 26.9. The molecule has 1 fully saturated rings. The van der Waals surface area contributed by atoms with Gasteiger partial charge in [-0.1, -0.05) is 48.4 Å². The maximum Gasteiger partial charge on any atom is 0.243 e. The van der Waals surface area contributed by atoms with Crippen LogP contribution in [0.15, 0.2) is 53.4 Å². The molecule has 2 aromatic carbocycles. The SMILES string of the molecule is Cc1cccc(CNC(=O)Cc2ccc(S(=O)(=O)N3CCCCC3)cc2)c1. The molecule has 5 nitrogen and oxygen atoms in total. The highest BCUT2D eigenvalue weighted by Gasteiger charge is 2.25. The second-order valence-electron chi connectivity index (χ2n) is 7.05. The molecular formula is C21H26N2O3S. The van der Waals surface area contributed by atoms with Crippen molar-refractivity contribution in [2.45, 2.75) is 44.0 Å². The lowest BCUT2D eigenvalue weighted by Gasteiger charge is -2.25. The van der Waals surface area contributed by atoms with Crippen molar-refractivity contribution in [2.75, 3.05) is 13.1 Å². The van der Waals surface area contributed by atoms with Crippen LogP contribution in [0.3, 0.4) is 0 Å². The maximum absolute atomic E-state index is 12.7. The van der Waals surface area contributed by atoms with E-state index in [4.69, 9.17) is 0 Å². The molecule has 144 valence electrons. The van der Waals surface area contributed by atoms with Gasteiger partial charge < -0.3 is 5.32 Å². The van der Waals surface area contributed by atoms with Gasteiger partial charge in [0, 0.05) is 19.6 Å². The van der Waals surface area contributed by atoms with Crippen LogP contribution in [-0.2, 0) is 27.8 Å². The fourth-order valence-corrected chi connectivity index (χ4v) is 4.82. The van der Waals surface area contributed by atoms with Crippen LogP contribution < -0.4 is 5.32 Å². The van der Waals surface area contributed by atoms with E-state index in [0.717, 1.165) is 36.0 Å². The summed E-state index contributed by atoms with van der Waals surface area (Å²) in [5.41, 5.74) is 3.02. The van der Waals surface area contributed by atoms with E-state index in [1.165, 1.54) is 0 Å². The van der Waals surface area contributed by atoms with Gasteiger partial charge in [0.15, 0.2) is 0 Å². The highest BCUT2D eigenvalue weighted by Crippen LogP contribution is 2.21. The lowest BCUT2D eigenvalue weighted by Crippen LogP contribution is -2.35. The Balaban J connectivity index is 1.57. The average molecular weight is 387 g/mol. The van der Waals surface area contributed by atoms with Crippen molar-refractivity contribution >= 4 is 15.9 Å². The molecule has 0 bridgehead atoms. The topological polar surface area (TPSA) is 66.5 Å². The second-order valence-corrected chi connectivity index (χ2v) is 8.99. The smallest absolute Gasteiger partial charge is 0.243 e. The number of carbonyl (C=O) groups excluding carboxylic acids is 1. The van der Waals surface area contributed by atoms with Crippen LogP contribution in [0.4, 0.5) is 0 Å². The fraction of sp³-hybridized carbons (Fsp3) is 0.381. The summed E-state index contributed by atoms with van der Waals surface area (Å²) in [6, 6.07) is 14.7. The van der Waals surface area contributed by atoms with Crippen LogP contribution in [-0.4, -0.2) is 31.7 Å². The van der Waals surface area contributed by atoms with Crippen LogP contribution in [0.25, 0.3) is 0 Å². The molecular weight excluding hydrogens is 360 g/mol. The van der Waals surface area contributed by atoms with Crippen molar-refractivity contribution < 1.29 is 13.2 Å². The fourth-order valence-electron chi connectivity index (χ4n) is 3.30. The molecule has 1 heterocycles. The lowest BCUT2D eigenvalue weighted by atomic mass is 10.1. The standard InChI is InChI=1S/C21H26N2O3S/c1-17-6-5-7-19(14-17)16-22-21(24)15-18-8-10-20(11-9-18)27(25,26)23-12-3-2-4-13-23/h5-11,14H,2-4,12-13,15-16H2,1H3,(H,22,24). The summed E-state index contributed by atoms with van der Waals surface area (Å²) in [5.74, 6) is -0.0804. The highest BCUT2D eigenvalue weighted by molar-refractivity contribution is 7.89. The quantitative estimate of drug-likeness (QED) is 0.830. The van der Waals surface area contributed by atoms with Crippen molar-refractivity contribution in [3.05, 3.63) is 65.2 Å². The Kier molecular flexibility index (Phi) is 6.29. The summed E-state index contributed by atoms with van der Waals surface area (Å²) in [6.45, 7) is 3.68. The second kappa shape index (κ2) is 8.67. The van der Waals surface area contributed by atoms with Crippen LogP contribution in [0.1, 0.15) is 36.0 Å². The maximum atomic E-state index is 12.7. The van der Waals surface area contributed by atoms with Crippen LogP contribution in [0.2, 0.25) is 0 Å². The van der Waals surface area contributed by atoms with Gasteiger partial charge in [-0.15, -0.1) is 0 Å². The minimum atomic E-state index is -3.42. The molecule has 1 aliphatic rings. The summed E-state index contributed by atoms with van der Waals surface area (Å²) in [5, 5.41) is 2.91. The average Bonchev–Trinajstić information content (AvgIpc) is 2.68. The first-order valence-corrected chi connectivity index (χ1v) is 10.8. The molecule has 6 heteroatoms. The van der Waals surface area contributed by atoms with Crippen LogP contribution in [0.5, 0.6) is 0 Å². The number of sulfonamides is 1. The van der Waals surface area contributed by atoms with Crippen molar-refractivity contribution in [1.82, 2.24) is 9.62 Å². The monoisotopic (exact) mass is 386 g/mol. The molecule has 0 aromatic heterocycles. The summed E-state index contributed by atoms with van der Waals surface area (Å²) >= 11 is 0. The van der Waals surface area contributed by atoms with E-state index in [9.17, 15) is 13.2 Å². The zero-order valence-electron chi connectivity index (χ0n) is 15.6. The van der Waals surface area contributed by atoms with E-state index in [1.807, 2.05) is 31.2 Å². The Bertz CT molecular complexity index is 886. The Labute approximate surface area is 161 Å². The number of rotatable bonds is 6. The third-order valence-corrected chi connectivity index (χ3v) is 6.73. The number of hydrogen-bond acceptors (Lipinski definition) is 3. The molecule has 0 aliphatic carbocycles. The van der Waals surface area contributed by atoms with Gasteiger partial charge in [0.25, 0.3) is 0 Å². The minimum Gasteiger partial charge on any atom is -0.352 e. The third kappa shape index (κ3) is 5.17. The molecule has 1 saturated heterocycles. The van der Waals surface area contributed by atoms with E-state index in [-0.39, 0.29) is 12.3 Å². The number of hydrogen-bond donors (Lipinski definition) is 1. The Morgan fingerprint density at radius 2 is 1.70 bits per heavy atom. The number of benzene rings is 2. The summed E-state index contributed by atoms with van der Waals surface area (Å²) in [6.07, 6.45) is 3.15. The summed E-state index contributed by atoms with van der Waals surface area (Å²) in [4.78, 5) is 12.5. The van der Waals surface area contributed by atoms with Crippen molar-refractivity contribution in [2.24, 2.45) is 0 Å². The van der Waals surface area contributed by atoms with E-state index < -0.39 is 10.0 Å². The van der Waals surface area contributed by atoms with Gasteiger partial charge >= 0.3 is 0 Å². The van der Waals surface area contributed by atoms with E-state index in [1.54, 1.807) is 28.6 Å². The summed E-state index contributed by atoms with van der Waals surface area (Å²) in [7, 11) is -3.42. The van der Waals surface area contributed by atoms with E-state index >= 15 is 0 Å². The first-order valence-electron chi connectivity index (χ1n) is 9.36. The first kappa shape index (κ1) is 19.6. The first-order chi connectivity index (χ1) is 12.9. The van der Waals surface area contributed by atoms with Gasteiger partial charge in [0.05, 0.1) is 11.3 Å². The molecule has 0 spiro atoms. The van der Waals surface area contributed by atoms with E-state index in [0.29, 0.717) is 24.5 Å². The number of piperidine rings is 1. The zero-order chi connectivity index (χ0) is 19.3. The predicted octanol–water partition coefficient (Wildman–Crippen LogP) is 3.03. The molecule has 0 unspecified atom stereocenters. The molecule has 1 N–H and O–H groups in total. The third-order valence-electron chi connectivity index (χ3n) is 4.81. The number of amides is 1. The largest absolute Gasteiger partial charge is 0.352 e. The van der Waals surface area contributed by atoms with Gasteiger partial charge in [-0.05, 0) is 43.0 Å². The van der Waals surface area contributed by atoms with Crippen LogP contribution in [0, 0.1) is 6.92 Å². The molecule has 1 amide bonds. The Morgan fingerprint density at radius 3 is 2.37 bits per heavy atom. The Hall–Kier alpha value is -2.18. The molecule has 0 atom stereocenters. The number of nitrogens with zero attached hydrogens (tertiary/aromatic N) is 1. The minimum absolute atomic E-state index is 0.0804. The van der Waals surface area contributed by atoms with Gasteiger partial charge in [0.1, 0.15) is 0 Å². The molecule has 0 radical (unpaired) electrons. The van der Waals surface area contributed by atoms with Gasteiger partial charge in [0.2, 0.25) is 15.9 Å².